The minimum atomic E-state index is -0.260. The van der Waals surface area contributed by atoms with Gasteiger partial charge in [-0.15, -0.1) is 0 Å². The number of hydrogen-bond donors (Lipinski definition) is 1. The van der Waals surface area contributed by atoms with Crippen molar-refractivity contribution in [2.75, 3.05) is 38.5 Å². The number of rotatable bonds is 5. The first-order valence-corrected chi connectivity index (χ1v) is 6.72. The molecule has 2 rings (SSSR count). The van der Waals surface area contributed by atoms with Crippen molar-refractivity contribution < 1.29 is 14.3 Å². The summed E-state index contributed by atoms with van der Waals surface area (Å²) in [5.74, 6) is 1.73. The molecule has 6 heteroatoms. The summed E-state index contributed by atoms with van der Waals surface area (Å²) >= 11 is 0. The number of ether oxygens (including phenoxy) is 2. The molecule has 1 heterocycles. The number of benzene rings is 1. The van der Waals surface area contributed by atoms with E-state index in [9.17, 15) is 4.79 Å². The van der Waals surface area contributed by atoms with E-state index in [-0.39, 0.29) is 5.91 Å². The quantitative estimate of drug-likeness (QED) is 0.919. The summed E-state index contributed by atoms with van der Waals surface area (Å²) in [5.41, 5.74) is 1.01. The number of amides is 1. The molecule has 0 saturated carbocycles. The maximum atomic E-state index is 12.3. The van der Waals surface area contributed by atoms with Gasteiger partial charge in [-0.25, -0.2) is 4.98 Å². The number of hydrogen-bond acceptors (Lipinski definition) is 5. The average molecular weight is 301 g/mol. The summed E-state index contributed by atoms with van der Waals surface area (Å²) in [6, 6.07) is 8.73. The molecule has 0 atom stereocenters. The molecule has 116 valence electrons. The van der Waals surface area contributed by atoms with Crippen LogP contribution in [-0.4, -0.2) is 39.2 Å². The zero-order valence-electron chi connectivity index (χ0n) is 13.1. The van der Waals surface area contributed by atoms with Gasteiger partial charge in [0.15, 0.2) is 0 Å². The normalized spacial score (nSPS) is 10.0. The van der Waals surface area contributed by atoms with Crippen LogP contribution < -0.4 is 19.7 Å². The van der Waals surface area contributed by atoms with Crippen LogP contribution in [0.2, 0.25) is 0 Å². The number of methoxy groups -OCH3 is 2. The summed E-state index contributed by atoms with van der Waals surface area (Å²) in [5, 5.41) is 2.80. The van der Waals surface area contributed by atoms with Gasteiger partial charge in [-0.2, -0.15) is 0 Å². The molecular formula is C16H19N3O3. The Labute approximate surface area is 129 Å². The van der Waals surface area contributed by atoms with E-state index < -0.39 is 0 Å². The number of aromatic nitrogens is 1. The lowest BCUT2D eigenvalue weighted by atomic mass is 10.2. The fraction of sp³-hybridized carbons (Fsp3) is 0.250. The van der Waals surface area contributed by atoms with Crippen LogP contribution in [0.3, 0.4) is 0 Å². The predicted molar refractivity (Wildman–Crippen MR) is 86.1 cm³/mol. The van der Waals surface area contributed by atoms with Gasteiger partial charge in [-0.1, -0.05) is 0 Å². The Morgan fingerprint density at radius 2 is 1.91 bits per heavy atom. The largest absolute Gasteiger partial charge is 0.497 e. The van der Waals surface area contributed by atoms with E-state index in [1.807, 2.05) is 19.0 Å². The minimum absolute atomic E-state index is 0.260. The minimum Gasteiger partial charge on any atom is -0.497 e. The van der Waals surface area contributed by atoms with Crippen molar-refractivity contribution in [1.29, 1.82) is 0 Å². The molecule has 22 heavy (non-hydrogen) atoms. The topological polar surface area (TPSA) is 63.7 Å². The number of pyridine rings is 1. The second-order valence-corrected chi connectivity index (χ2v) is 4.82. The molecule has 1 N–H and O–H groups in total. The van der Waals surface area contributed by atoms with E-state index in [1.54, 1.807) is 44.6 Å². The van der Waals surface area contributed by atoms with E-state index in [2.05, 4.69) is 10.3 Å². The molecule has 0 saturated heterocycles. The fourth-order valence-electron chi connectivity index (χ4n) is 1.89. The zero-order valence-corrected chi connectivity index (χ0v) is 13.1. The first-order chi connectivity index (χ1) is 10.5. The van der Waals surface area contributed by atoms with Crippen LogP contribution in [0.5, 0.6) is 11.5 Å². The van der Waals surface area contributed by atoms with Gasteiger partial charge < -0.3 is 19.7 Å². The summed E-state index contributed by atoms with van der Waals surface area (Å²) in [4.78, 5) is 18.4. The third-order valence-corrected chi connectivity index (χ3v) is 3.12. The molecule has 0 radical (unpaired) electrons. The molecule has 0 aliphatic heterocycles. The molecule has 0 bridgehead atoms. The Morgan fingerprint density at radius 1 is 1.14 bits per heavy atom. The summed E-state index contributed by atoms with van der Waals surface area (Å²) < 4.78 is 10.4. The molecule has 6 nitrogen and oxygen atoms in total. The molecule has 0 fully saturated rings. The van der Waals surface area contributed by atoms with Crippen molar-refractivity contribution in [3.63, 3.8) is 0 Å². The highest BCUT2D eigenvalue weighted by atomic mass is 16.5. The first-order valence-electron chi connectivity index (χ1n) is 6.72. The summed E-state index contributed by atoms with van der Waals surface area (Å²) in [6.45, 7) is 0. The van der Waals surface area contributed by atoms with Gasteiger partial charge in [0.25, 0.3) is 5.91 Å². The van der Waals surface area contributed by atoms with E-state index >= 15 is 0 Å². The third kappa shape index (κ3) is 3.46. The molecule has 2 aromatic rings. The van der Waals surface area contributed by atoms with Crippen molar-refractivity contribution in [1.82, 2.24) is 4.98 Å². The molecule has 1 amide bonds. The van der Waals surface area contributed by atoms with Crippen molar-refractivity contribution in [3.05, 3.63) is 42.1 Å². The lowest BCUT2D eigenvalue weighted by Crippen LogP contribution is -2.15. The highest BCUT2D eigenvalue weighted by Crippen LogP contribution is 2.29. The van der Waals surface area contributed by atoms with E-state index in [0.29, 0.717) is 22.7 Å². The van der Waals surface area contributed by atoms with E-state index in [1.165, 1.54) is 6.20 Å². The number of anilines is 2. The molecule has 0 aliphatic carbocycles. The van der Waals surface area contributed by atoms with Crippen LogP contribution in [0.1, 0.15) is 10.4 Å². The number of carbonyl (C=O) groups is 1. The van der Waals surface area contributed by atoms with Gasteiger partial charge in [0.1, 0.15) is 17.3 Å². The fourth-order valence-corrected chi connectivity index (χ4v) is 1.89. The van der Waals surface area contributed by atoms with Crippen LogP contribution in [0.25, 0.3) is 0 Å². The van der Waals surface area contributed by atoms with Gasteiger partial charge in [0.05, 0.1) is 25.5 Å². The third-order valence-electron chi connectivity index (χ3n) is 3.12. The standard InChI is InChI=1S/C16H19N3O3/c1-19(2)15-8-5-11(10-17-15)16(20)18-13-9-12(21-3)6-7-14(13)22-4/h5-10H,1-4H3,(H,18,20). The van der Waals surface area contributed by atoms with Crippen molar-refractivity contribution >= 4 is 17.4 Å². The highest BCUT2D eigenvalue weighted by molar-refractivity contribution is 6.05. The van der Waals surface area contributed by atoms with Crippen molar-refractivity contribution in [2.24, 2.45) is 0 Å². The average Bonchev–Trinajstić information content (AvgIpc) is 2.54. The Kier molecular flexibility index (Phi) is 4.83. The van der Waals surface area contributed by atoms with E-state index in [4.69, 9.17) is 9.47 Å². The van der Waals surface area contributed by atoms with Crippen LogP contribution in [-0.2, 0) is 0 Å². The Morgan fingerprint density at radius 3 is 2.45 bits per heavy atom. The number of nitrogens with zero attached hydrogens (tertiary/aromatic N) is 2. The van der Waals surface area contributed by atoms with Crippen molar-refractivity contribution in [3.8, 4) is 11.5 Å². The van der Waals surface area contributed by atoms with Crippen LogP contribution in [0.15, 0.2) is 36.5 Å². The smallest absolute Gasteiger partial charge is 0.257 e. The SMILES string of the molecule is COc1ccc(OC)c(NC(=O)c2ccc(N(C)C)nc2)c1. The van der Waals surface area contributed by atoms with Crippen molar-refractivity contribution in [2.45, 2.75) is 0 Å². The van der Waals surface area contributed by atoms with Crippen LogP contribution in [0.4, 0.5) is 11.5 Å². The summed E-state index contributed by atoms with van der Waals surface area (Å²) in [6.07, 6.45) is 1.54. The summed E-state index contributed by atoms with van der Waals surface area (Å²) in [7, 11) is 6.90. The first kappa shape index (κ1) is 15.6. The second kappa shape index (κ2) is 6.80. The van der Waals surface area contributed by atoms with Gasteiger partial charge in [-0.05, 0) is 24.3 Å². The molecule has 0 aliphatic rings. The molecular weight excluding hydrogens is 282 g/mol. The number of nitrogens with one attached hydrogen (secondary N) is 1. The van der Waals surface area contributed by atoms with Gasteiger partial charge in [-0.3, -0.25) is 4.79 Å². The van der Waals surface area contributed by atoms with Crippen LogP contribution >= 0.6 is 0 Å². The van der Waals surface area contributed by atoms with Gasteiger partial charge in [0, 0.05) is 26.4 Å². The predicted octanol–water partition coefficient (Wildman–Crippen LogP) is 2.42. The van der Waals surface area contributed by atoms with Gasteiger partial charge >= 0.3 is 0 Å². The Hall–Kier alpha value is -2.76. The lowest BCUT2D eigenvalue weighted by molar-refractivity contribution is 0.102. The van der Waals surface area contributed by atoms with E-state index in [0.717, 1.165) is 5.82 Å². The Bertz CT molecular complexity index is 654. The lowest BCUT2D eigenvalue weighted by Gasteiger charge is -2.13. The van der Waals surface area contributed by atoms with Gasteiger partial charge in [0.2, 0.25) is 0 Å². The maximum absolute atomic E-state index is 12.3. The molecule has 0 spiro atoms. The monoisotopic (exact) mass is 301 g/mol. The second-order valence-electron chi connectivity index (χ2n) is 4.82. The maximum Gasteiger partial charge on any atom is 0.257 e. The highest BCUT2D eigenvalue weighted by Gasteiger charge is 2.11. The molecule has 1 aromatic carbocycles. The zero-order chi connectivity index (χ0) is 16.1. The molecule has 0 unspecified atom stereocenters. The molecule has 1 aromatic heterocycles. The van der Waals surface area contributed by atoms with Crippen LogP contribution in [0, 0.1) is 0 Å². The number of carbonyl (C=O) groups excluding carboxylic acids is 1. The Balaban J connectivity index is 2.21.